The number of unbranched alkanes of at least 4 members (excludes halogenated alkanes) is 18. The van der Waals surface area contributed by atoms with E-state index in [1.807, 2.05) is 28.2 Å². The predicted octanol–water partition coefficient (Wildman–Crippen LogP) is 5.47. The number of hydrogen-bond acceptors (Lipinski definition) is 4. The Kier molecular flexibility index (Phi) is 26.8. The van der Waals surface area contributed by atoms with E-state index in [1.54, 1.807) is 0 Å². The number of quaternary nitrogens is 2. The molecule has 0 saturated carbocycles. The molecule has 0 rings (SSSR count). The van der Waals surface area contributed by atoms with Gasteiger partial charge in [0, 0.05) is 0 Å². The summed E-state index contributed by atoms with van der Waals surface area (Å²) in [4.78, 5) is 21.1. The zero-order valence-electron chi connectivity index (χ0n) is 26.5. The van der Waals surface area contributed by atoms with Crippen molar-refractivity contribution in [1.29, 1.82) is 0 Å². The molecule has 0 radical (unpaired) electrons. The molecule has 228 valence electrons. The second-order valence-electron chi connectivity index (χ2n) is 12.7. The second-order valence-corrected chi connectivity index (χ2v) is 12.7. The van der Waals surface area contributed by atoms with Crippen molar-refractivity contribution in [3.05, 3.63) is 0 Å². The molecular formula is C32H66N2O4. The Hall–Kier alpha value is -1.14. The van der Waals surface area contributed by atoms with Crippen molar-refractivity contribution in [3.63, 3.8) is 0 Å². The average Bonchev–Trinajstić information content (AvgIpc) is 2.80. The number of carbonyl (C=O) groups is 2. The summed E-state index contributed by atoms with van der Waals surface area (Å²) in [5, 5.41) is 21.1. The number of rotatable bonds is 26. The molecule has 0 heterocycles. The largest absolute Gasteiger partial charge is 0.544 e. The number of likely N-dealkylation sites (N-methyl/N-ethyl adjacent to an activating group) is 2. The number of nitrogens with zero attached hydrogens (tertiary/aromatic N) is 2. The molecule has 0 aromatic heterocycles. The van der Waals surface area contributed by atoms with Gasteiger partial charge >= 0.3 is 0 Å². The molecule has 0 bridgehead atoms. The fraction of sp³-hybridized carbons (Fsp3) is 0.938. The number of carboxylic acid groups (broad SMARTS) is 2. The zero-order chi connectivity index (χ0) is 29.1. The van der Waals surface area contributed by atoms with Crippen molar-refractivity contribution in [1.82, 2.24) is 0 Å². The normalized spacial score (nSPS) is 11.7. The van der Waals surface area contributed by atoms with Crippen LogP contribution in [-0.4, -0.2) is 75.3 Å². The van der Waals surface area contributed by atoms with Crippen molar-refractivity contribution in [3.8, 4) is 0 Å². The lowest BCUT2D eigenvalue weighted by Gasteiger charge is -2.30. The van der Waals surface area contributed by atoms with Gasteiger partial charge in [-0.05, 0) is 25.7 Å². The van der Waals surface area contributed by atoms with Gasteiger partial charge in [0.1, 0.15) is 13.1 Å². The van der Waals surface area contributed by atoms with E-state index < -0.39 is 11.9 Å². The summed E-state index contributed by atoms with van der Waals surface area (Å²) in [6, 6.07) is 0. The highest BCUT2D eigenvalue weighted by atomic mass is 16.4. The van der Waals surface area contributed by atoms with E-state index in [-0.39, 0.29) is 13.1 Å². The van der Waals surface area contributed by atoms with E-state index in [4.69, 9.17) is 0 Å². The van der Waals surface area contributed by atoms with Gasteiger partial charge in [-0.1, -0.05) is 117 Å². The molecule has 6 heteroatoms. The second kappa shape index (κ2) is 26.1. The van der Waals surface area contributed by atoms with Gasteiger partial charge < -0.3 is 28.8 Å². The first-order valence-corrected chi connectivity index (χ1v) is 16.0. The van der Waals surface area contributed by atoms with Gasteiger partial charge in [-0.3, -0.25) is 0 Å². The maximum absolute atomic E-state index is 10.6. The van der Waals surface area contributed by atoms with E-state index >= 15 is 0 Å². The summed E-state index contributed by atoms with van der Waals surface area (Å²) in [6.45, 7) is 6.62. The Morgan fingerprint density at radius 3 is 0.842 bits per heavy atom. The van der Waals surface area contributed by atoms with Crippen LogP contribution in [0.3, 0.4) is 0 Å². The van der Waals surface area contributed by atoms with Gasteiger partial charge in [0.15, 0.2) is 0 Å². The molecule has 6 nitrogen and oxygen atoms in total. The molecule has 0 amide bonds. The van der Waals surface area contributed by atoms with Crippen molar-refractivity contribution in [2.75, 3.05) is 54.4 Å². The van der Waals surface area contributed by atoms with Crippen LogP contribution in [0.15, 0.2) is 0 Å². The third kappa shape index (κ3) is 32.9. The lowest BCUT2D eigenvalue weighted by atomic mass is 10.1. The van der Waals surface area contributed by atoms with Crippen LogP contribution in [0.25, 0.3) is 0 Å². The Labute approximate surface area is 237 Å². The van der Waals surface area contributed by atoms with Gasteiger partial charge in [-0.15, -0.1) is 0 Å². The fourth-order valence-electron chi connectivity index (χ4n) is 4.91. The summed E-state index contributed by atoms with van der Waals surface area (Å²) in [5.41, 5.74) is 0. The quantitative estimate of drug-likeness (QED) is 0.107. The van der Waals surface area contributed by atoms with Gasteiger partial charge in [0.25, 0.3) is 0 Å². The van der Waals surface area contributed by atoms with E-state index in [0.717, 1.165) is 25.9 Å². The first kappa shape index (κ1) is 39.0. The van der Waals surface area contributed by atoms with Crippen LogP contribution in [-0.2, 0) is 9.59 Å². The molecule has 0 fully saturated rings. The smallest absolute Gasteiger partial charge is 0.119 e. The van der Waals surface area contributed by atoms with E-state index in [0.29, 0.717) is 8.97 Å². The van der Waals surface area contributed by atoms with E-state index in [1.165, 1.54) is 116 Å². The minimum atomic E-state index is -0.947. The number of aliphatic carboxylic acids is 2. The van der Waals surface area contributed by atoms with Crippen LogP contribution in [0.4, 0.5) is 0 Å². The van der Waals surface area contributed by atoms with Crippen molar-refractivity contribution in [2.24, 2.45) is 0 Å². The molecule has 0 aromatic rings. The molecule has 0 saturated heterocycles. The Balaban J connectivity index is 0. The molecule has 0 aliphatic carbocycles. The highest BCUT2D eigenvalue weighted by Gasteiger charge is 2.15. The molecule has 0 unspecified atom stereocenters. The monoisotopic (exact) mass is 543 g/mol. The van der Waals surface area contributed by atoms with Crippen molar-refractivity contribution in [2.45, 2.75) is 142 Å². The van der Waals surface area contributed by atoms with Crippen LogP contribution < -0.4 is 10.2 Å². The standard InChI is InChI=1S/2C16H33NO2/c2*1-4-5-6-7-8-9-10-11-12-13-14-17(2,3)15-16(18)19/h2*4-15H2,1-3H3. The van der Waals surface area contributed by atoms with E-state index in [2.05, 4.69) is 13.8 Å². The van der Waals surface area contributed by atoms with Gasteiger partial charge in [0.2, 0.25) is 0 Å². The molecule has 0 aliphatic heterocycles. The third-order valence-electron chi connectivity index (χ3n) is 7.35. The van der Waals surface area contributed by atoms with Crippen LogP contribution in [0.2, 0.25) is 0 Å². The number of carbonyl (C=O) groups excluding carboxylic acids is 2. The van der Waals surface area contributed by atoms with Crippen molar-refractivity contribution >= 4 is 11.9 Å². The Morgan fingerprint density at radius 2 is 0.632 bits per heavy atom. The summed E-state index contributed by atoms with van der Waals surface area (Å²) >= 11 is 0. The number of carboxylic acids is 2. The van der Waals surface area contributed by atoms with Crippen LogP contribution in [0, 0.1) is 0 Å². The van der Waals surface area contributed by atoms with Gasteiger partial charge in [-0.25, -0.2) is 0 Å². The maximum Gasteiger partial charge on any atom is 0.119 e. The molecular weight excluding hydrogens is 476 g/mol. The molecule has 0 spiro atoms. The summed E-state index contributed by atoms with van der Waals surface area (Å²) < 4.78 is 1.08. The topological polar surface area (TPSA) is 80.3 Å². The Morgan fingerprint density at radius 1 is 0.421 bits per heavy atom. The molecule has 38 heavy (non-hydrogen) atoms. The summed E-state index contributed by atoms with van der Waals surface area (Å²) in [6.07, 6.45) is 26.4. The first-order chi connectivity index (χ1) is 18.0. The molecule has 0 N–H and O–H groups in total. The third-order valence-corrected chi connectivity index (χ3v) is 7.35. The van der Waals surface area contributed by atoms with Gasteiger partial charge in [-0.2, -0.15) is 0 Å². The lowest BCUT2D eigenvalue weighted by molar-refractivity contribution is -0.885. The van der Waals surface area contributed by atoms with Crippen LogP contribution in [0.5, 0.6) is 0 Å². The molecule has 0 aromatic carbocycles. The Bertz CT molecular complexity index is 502. The molecule has 0 atom stereocenters. The van der Waals surface area contributed by atoms with Crippen LogP contribution >= 0.6 is 0 Å². The van der Waals surface area contributed by atoms with Crippen molar-refractivity contribution < 1.29 is 28.8 Å². The minimum absolute atomic E-state index is 0.122. The fourth-order valence-corrected chi connectivity index (χ4v) is 4.91. The van der Waals surface area contributed by atoms with Crippen LogP contribution in [0.1, 0.15) is 142 Å². The first-order valence-electron chi connectivity index (χ1n) is 16.0. The molecule has 0 aliphatic rings. The maximum atomic E-state index is 10.6. The minimum Gasteiger partial charge on any atom is -0.544 e. The number of hydrogen-bond donors (Lipinski definition) is 0. The SMILES string of the molecule is CCCCCCCCCCCC[N+](C)(C)CC(=O)[O-].CCCCCCCCCCCC[N+](C)(C)CC(=O)[O-]. The highest BCUT2D eigenvalue weighted by Crippen LogP contribution is 2.12. The predicted molar refractivity (Wildman–Crippen MR) is 157 cm³/mol. The lowest BCUT2D eigenvalue weighted by Crippen LogP contribution is -2.48. The highest BCUT2D eigenvalue weighted by molar-refractivity contribution is 5.65. The van der Waals surface area contributed by atoms with E-state index in [9.17, 15) is 19.8 Å². The summed E-state index contributed by atoms with van der Waals surface area (Å²) in [5.74, 6) is -1.89. The zero-order valence-corrected chi connectivity index (χ0v) is 26.5. The average molecular weight is 543 g/mol. The summed E-state index contributed by atoms with van der Waals surface area (Å²) in [7, 11) is 7.85. The van der Waals surface area contributed by atoms with Gasteiger partial charge in [0.05, 0.1) is 53.2 Å².